The molecule has 1 aromatic carbocycles. The van der Waals surface area contributed by atoms with E-state index in [1.54, 1.807) is 31.3 Å². The van der Waals surface area contributed by atoms with E-state index < -0.39 is 11.7 Å². The normalized spacial score (nSPS) is 14.0. The van der Waals surface area contributed by atoms with Gasteiger partial charge >= 0.3 is 6.18 Å². The standard InChI is InChI=1S/C20H23F3N2/c1-13(2)14(3)11-16-8-9-17(20(21,22)23)12-19(16)25-15(4)18-7-5-6-10-24-18/h5-10,12-14H,11H2,1-4H3/t14-/m1/s1. The number of benzene rings is 1. The Morgan fingerprint density at radius 1 is 1.12 bits per heavy atom. The van der Waals surface area contributed by atoms with E-state index in [2.05, 4.69) is 30.7 Å². The van der Waals surface area contributed by atoms with Crippen molar-refractivity contribution >= 4 is 11.4 Å². The zero-order valence-electron chi connectivity index (χ0n) is 14.9. The highest BCUT2D eigenvalue weighted by Gasteiger charge is 2.31. The van der Waals surface area contributed by atoms with E-state index in [1.807, 2.05) is 6.07 Å². The van der Waals surface area contributed by atoms with Crippen molar-refractivity contribution in [1.29, 1.82) is 0 Å². The Hall–Kier alpha value is -2.17. The number of hydrogen-bond acceptors (Lipinski definition) is 2. The van der Waals surface area contributed by atoms with Gasteiger partial charge in [0.05, 0.1) is 22.7 Å². The minimum atomic E-state index is -4.38. The van der Waals surface area contributed by atoms with Crippen LogP contribution in [0.4, 0.5) is 18.9 Å². The van der Waals surface area contributed by atoms with Crippen molar-refractivity contribution < 1.29 is 13.2 Å². The summed E-state index contributed by atoms with van der Waals surface area (Å²) in [5.41, 5.74) is 1.76. The average molecular weight is 348 g/mol. The lowest BCUT2D eigenvalue weighted by Gasteiger charge is -2.18. The second kappa shape index (κ2) is 7.81. The van der Waals surface area contributed by atoms with Crippen molar-refractivity contribution in [2.24, 2.45) is 16.8 Å². The Morgan fingerprint density at radius 3 is 2.40 bits per heavy atom. The molecule has 0 saturated heterocycles. The second-order valence-corrected chi connectivity index (χ2v) is 6.68. The summed E-state index contributed by atoms with van der Waals surface area (Å²) in [6.45, 7) is 8.08. The highest BCUT2D eigenvalue weighted by Crippen LogP contribution is 2.34. The zero-order chi connectivity index (χ0) is 18.6. The van der Waals surface area contributed by atoms with Crippen LogP contribution in [0.2, 0.25) is 0 Å². The Bertz CT molecular complexity index is 734. The summed E-state index contributed by atoms with van der Waals surface area (Å²) in [6.07, 6.45) is -2.06. The van der Waals surface area contributed by atoms with Crippen molar-refractivity contribution in [1.82, 2.24) is 4.98 Å². The number of aromatic nitrogens is 1. The molecule has 25 heavy (non-hydrogen) atoms. The van der Waals surface area contributed by atoms with Crippen molar-refractivity contribution in [2.75, 3.05) is 0 Å². The van der Waals surface area contributed by atoms with E-state index in [0.29, 0.717) is 35.3 Å². The first-order chi connectivity index (χ1) is 11.7. The smallest absolute Gasteiger partial charge is 0.255 e. The minimum absolute atomic E-state index is 0.348. The predicted octanol–water partition coefficient (Wildman–Crippen LogP) is 6.08. The maximum absolute atomic E-state index is 13.1. The molecule has 0 bridgehead atoms. The maximum Gasteiger partial charge on any atom is 0.416 e. The second-order valence-electron chi connectivity index (χ2n) is 6.68. The lowest BCUT2D eigenvalue weighted by atomic mass is 9.90. The van der Waals surface area contributed by atoms with Crippen LogP contribution in [0, 0.1) is 11.8 Å². The zero-order valence-corrected chi connectivity index (χ0v) is 14.9. The highest BCUT2D eigenvalue weighted by atomic mass is 19.4. The van der Waals surface area contributed by atoms with Crippen LogP contribution in [0.3, 0.4) is 0 Å². The summed E-state index contributed by atoms with van der Waals surface area (Å²) >= 11 is 0. The van der Waals surface area contributed by atoms with Gasteiger partial charge in [-0.25, -0.2) is 0 Å². The molecule has 0 aliphatic rings. The summed E-state index contributed by atoms with van der Waals surface area (Å²) in [7, 11) is 0. The van der Waals surface area contributed by atoms with Crippen LogP contribution in [-0.2, 0) is 12.6 Å². The molecule has 2 rings (SSSR count). The van der Waals surface area contributed by atoms with Crippen molar-refractivity contribution in [2.45, 2.75) is 40.3 Å². The van der Waals surface area contributed by atoms with Crippen LogP contribution in [0.5, 0.6) is 0 Å². The Kier molecular flexibility index (Phi) is 5.98. The Balaban J connectivity index is 2.47. The molecule has 1 aromatic heterocycles. The summed E-state index contributed by atoms with van der Waals surface area (Å²) in [5, 5.41) is 0. The number of nitrogens with zero attached hydrogens (tertiary/aromatic N) is 2. The van der Waals surface area contributed by atoms with Gasteiger partial charge in [0.15, 0.2) is 0 Å². The lowest BCUT2D eigenvalue weighted by Crippen LogP contribution is -2.09. The molecule has 0 spiro atoms. The minimum Gasteiger partial charge on any atom is -0.255 e. The molecule has 134 valence electrons. The molecule has 0 N–H and O–H groups in total. The molecule has 0 aliphatic carbocycles. The van der Waals surface area contributed by atoms with Gasteiger partial charge in [0.1, 0.15) is 0 Å². The molecule has 2 nitrogen and oxygen atoms in total. The average Bonchev–Trinajstić information content (AvgIpc) is 2.56. The van der Waals surface area contributed by atoms with E-state index in [-0.39, 0.29) is 0 Å². The monoisotopic (exact) mass is 348 g/mol. The number of pyridine rings is 1. The van der Waals surface area contributed by atoms with Crippen LogP contribution in [0.25, 0.3) is 0 Å². The van der Waals surface area contributed by atoms with Crippen molar-refractivity contribution in [3.8, 4) is 0 Å². The number of alkyl halides is 3. The number of rotatable bonds is 5. The van der Waals surface area contributed by atoms with Gasteiger partial charge < -0.3 is 0 Å². The molecule has 0 saturated carbocycles. The predicted molar refractivity (Wildman–Crippen MR) is 95.3 cm³/mol. The van der Waals surface area contributed by atoms with Gasteiger partial charge in [-0.2, -0.15) is 13.2 Å². The number of halogens is 3. The highest BCUT2D eigenvalue weighted by molar-refractivity contribution is 5.98. The van der Waals surface area contributed by atoms with Crippen LogP contribution in [0.15, 0.2) is 47.6 Å². The molecule has 1 atom stereocenters. The molecular weight excluding hydrogens is 325 g/mol. The van der Waals surface area contributed by atoms with E-state index in [1.165, 1.54) is 0 Å². The van der Waals surface area contributed by atoms with E-state index in [4.69, 9.17) is 0 Å². The third kappa shape index (κ3) is 5.15. The third-order valence-corrected chi connectivity index (χ3v) is 4.42. The fourth-order valence-corrected chi connectivity index (χ4v) is 2.41. The number of hydrogen-bond donors (Lipinski definition) is 0. The molecule has 1 heterocycles. The van der Waals surface area contributed by atoms with Gasteiger partial charge in [0.25, 0.3) is 0 Å². The van der Waals surface area contributed by atoms with Gasteiger partial charge in [-0.05, 0) is 55.0 Å². The van der Waals surface area contributed by atoms with Crippen molar-refractivity contribution in [3.05, 3.63) is 59.4 Å². The third-order valence-electron chi connectivity index (χ3n) is 4.42. The number of aliphatic imine (C=N–C) groups is 1. The topological polar surface area (TPSA) is 25.2 Å². The summed E-state index contributed by atoms with van der Waals surface area (Å²) in [6, 6.07) is 9.23. The summed E-state index contributed by atoms with van der Waals surface area (Å²) in [4.78, 5) is 8.68. The van der Waals surface area contributed by atoms with Gasteiger partial charge in [-0.15, -0.1) is 0 Å². The molecule has 0 aliphatic heterocycles. The van der Waals surface area contributed by atoms with Gasteiger partial charge in [-0.3, -0.25) is 9.98 Å². The van der Waals surface area contributed by atoms with Crippen LogP contribution in [-0.4, -0.2) is 10.7 Å². The fraction of sp³-hybridized carbons (Fsp3) is 0.400. The fourth-order valence-electron chi connectivity index (χ4n) is 2.41. The van der Waals surface area contributed by atoms with E-state index in [0.717, 1.165) is 17.7 Å². The molecule has 5 heteroatoms. The van der Waals surface area contributed by atoms with Crippen LogP contribution < -0.4 is 0 Å². The van der Waals surface area contributed by atoms with Gasteiger partial charge in [0.2, 0.25) is 0 Å². The molecule has 0 amide bonds. The Labute approximate surface area is 146 Å². The van der Waals surface area contributed by atoms with Gasteiger partial charge in [0, 0.05) is 6.20 Å². The SMILES string of the molecule is CC(=Nc1cc(C(F)(F)F)ccc1C[C@@H](C)C(C)C)c1ccccn1. The van der Waals surface area contributed by atoms with Crippen molar-refractivity contribution in [3.63, 3.8) is 0 Å². The maximum atomic E-state index is 13.1. The van der Waals surface area contributed by atoms with Crippen LogP contribution in [0.1, 0.15) is 44.5 Å². The molecule has 0 radical (unpaired) electrons. The quantitative estimate of drug-likeness (QED) is 0.602. The van der Waals surface area contributed by atoms with E-state index in [9.17, 15) is 13.2 Å². The first kappa shape index (κ1) is 19.2. The molecule has 2 aromatic rings. The van der Waals surface area contributed by atoms with E-state index >= 15 is 0 Å². The molecule has 0 unspecified atom stereocenters. The first-order valence-corrected chi connectivity index (χ1v) is 8.35. The lowest BCUT2D eigenvalue weighted by molar-refractivity contribution is -0.137. The Morgan fingerprint density at radius 2 is 1.84 bits per heavy atom. The van der Waals surface area contributed by atoms with Crippen LogP contribution >= 0.6 is 0 Å². The largest absolute Gasteiger partial charge is 0.416 e. The molecular formula is C20H23F3N2. The summed E-state index contributed by atoms with van der Waals surface area (Å²) in [5.74, 6) is 0.789. The van der Waals surface area contributed by atoms with Gasteiger partial charge in [-0.1, -0.05) is 32.9 Å². The first-order valence-electron chi connectivity index (χ1n) is 8.35. The summed E-state index contributed by atoms with van der Waals surface area (Å²) < 4.78 is 39.3. The molecule has 0 fully saturated rings.